The summed E-state index contributed by atoms with van der Waals surface area (Å²) in [6.45, 7) is 3.21. The van der Waals surface area contributed by atoms with Crippen molar-refractivity contribution in [2.45, 2.75) is 49.8 Å². The zero-order chi connectivity index (χ0) is 11.1. The lowest BCUT2D eigenvalue weighted by atomic mass is 9.79. The second-order valence-corrected chi connectivity index (χ2v) is 7.10. The number of rotatable bonds is 3. The standard InChI is InChI=1S/C10H20N2O2S/c1-9(11)10(5-4-6-10)15(13,14)12-7-2-3-8-12/h9H,2-8,11H2,1H3. The van der Waals surface area contributed by atoms with Gasteiger partial charge < -0.3 is 5.73 Å². The predicted molar refractivity (Wildman–Crippen MR) is 60.0 cm³/mol. The minimum absolute atomic E-state index is 0.253. The lowest BCUT2D eigenvalue weighted by Crippen LogP contribution is -2.60. The summed E-state index contributed by atoms with van der Waals surface area (Å²) in [6, 6.07) is -0.253. The molecule has 1 atom stereocenters. The topological polar surface area (TPSA) is 63.4 Å². The summed E-state index contributed by atoms with van der Waals surface area (Å²) in [5.41, 5.74) is 5.88. The van der Waals surface area contributed by atoms with E-state index in [-0.39, 0.29) is 6.04 Å². The number of hydrogen-bond donors (Lipinski definition) is 1. The van der Waals surface area contributed by atoms with Gasteiger partial charge in [-0.3, -0.25) is 0 Å². The van der Waals surface area contributed by atoms with Crippen molar-refractivity contribution in [2.24, 2.45) is 5.73 Å². The molecule has 2 aliphatic rings. The molecule has 2 N–H and O–H groups in total. The minimum atomic E-state index is -3.15. The average Bonchev–Trinajstić information content (AvgIpc) is 2.50. The van der Waals surface area contributed by atoms with Crippen LogP contribution in [-0.4, -0.2) is 36.6 Å². The fourth-order valence-corrected chi connectivity index (χ4v) is 5.19. The van der Waals surface area contributed by atoms with Crippen molar-refractivity contribution in [1.29, 1.82) is 0 Å². The molecular formula is C10H20N2O2S. The first-order chi connectivity index (χ1) is 7.01. The molecule has 1 heterocycles. The van der Waals surface area contributed by atoms with E-state index in [1.54, 1.807) is 4.31 Å². The predicted octanol–water partition coefficient (Wildman–Crippen LogP) is 0.682. The number of hydrogen-bond acceptors (Lipinski definition) is 3. The van der Waals surface area contributed by atoms with Gasteiger partial charge in [-0.15, -0.1) is 0 Å². The fraction of sp³-hybridized carbons (Fsp3) is 1.00. The molecular weight excluding hydrogens is 212 g/mol. The van der Waals surface area contributed by atoms with E-state index in [0.717, 1.165) is 32.1 Å². The van der Waals surface area contributed by atoms with Crippen molar-refractivity contribution in [3.8, 4) is 0 Å². The Hall–Kier alpha value is -0.130. The number of sulfonamides is 1. The SMILES string of the molecule is CC(N)C1(S(=O)(=O)N2CCCC2)CCC1. The van der Waals surface area contributed by atoms with Crippen LogP contribution in [0.1, 0.15) is 39.0 Å². The molecule has 15 heavy (non-hydrogen) atoms. The Morgan fingerprint density at radius 3 is 2.07 bits per heavy atom. The van der Waals surface area contributed by atoms with Gasteiger partial charge in [0.1, 0.15) is 4.75 Å². The molecule has 0 aromatic rings. The third kappa shape index (κ3) is 1.52. The first kappa shape index (κ1) is 11.4. The summed E-state index contributed by atoms with van der Waals surface area (Å²) in [7, 11) is -3.15. The largest absolute Gasteiger partial charge is 0.326 e. The Bertz CT molecular complexity index is 327. The second-order valence-electron chi connectivity index (χ2n) is 4.82. The van der Waals surface area contributed by atoms with Gasteiger partial charge in [0, 0.05) is 19.1 Å². The van der Waals surface area contributed by atoms with Crippen LogP contribution in [0.3, 0.4) is 0 Å². The molecule has 88 valence electrons. The van der Waals surface area contributed by atoms with Crippen molar-refractivity contribution >= 4 is 10.0 Å². The summed E-state index contributed by atoms with van der Waals surface area (Å²) in [5.74, 6) is 0. The highest BCUT2D eigenvalue weighted by molar-refractivity contribution is 7.90. The third-order valence-corrected chi connectivity index (χ3v) is 6.80. The molecule has 2 fully saturated rings. The molecule has 0 bridgehead atoms. The normalized spacial score (nSPS) is 28.7. The summed E-state index contributed by atoms with van der Waals surface area (Å²) < 4.78 is 25.9. The van der Waals surface area contributed by atoms with Gasteiger partial charge in [-0.25, -0.2) is 12.7 Å². The van der Waals surface area contributed by atoms with Crippen LogP contribution < -0.4 is 5.73 Å². The third-order valence-electron chi connectivity index (χ3n) is 3.95. The molecule has 4 nitrogen and oxygen atoms in total. The van der Waals surface area contributed by atoms with Crippen molar-refractivity contribution in [3.63, 3.8) is 0 Å². The molecule has 0 aromatic heterocycles. The molecule has 1 aliphatic carbocycles. The van der Waals surface area contributed by atoms with Gasteiger partial charge in [0.15, 0.2) is 0 Å². The maximum Gasteiger partial charge on any atom is 0.221 e. The molecule has 0 aromatic carbocycles. The number of nitrogens with two attached hydrogens (primary N) is 1. The lowest BCUT2D eigenvalue weighted by Gasteiger charge is -2.45. The zero-order valence-electron chi connectivity index (χ0n) is 9.28. The molecule has 0 amide bonds. The van der Waals surface area contributed by atoms with Gasteiger partial charge in [-0.1, -0.05) is 6.42 Å². The van der Waals surface area contributed by atoms with Gasteiger partial charge >= 0.3 is 0 Å². The van der Waals surface area contributed by atoms with Gasteiger partial charge in [0.2, 0.25) is 10.0 Å². The molecule has 1 saturated heterocycles. The van der Waals surface area contributed by atoms with E-state index in [1.807, 2.05) is 6.92 Å². The van der Waals surface area contributed by atoms with Crippen LogP contribution in [0, 0.1) is 0 Å². The highest BCUT2D eigenvalue weighted by Gasteiger charge is 2.54. The quantitative estimate of drug-likeness (QED) is 0.778. The monoisotopic (exact) mass is 232 g/mol. The van der Waals surface area contributed by atoms with Gasteiger partial charge in [-0.2, -0.15) is 0 Å². The van der Waals surface area contributed by atoms with E-state index in [9.17, 15) is 8.42 Å². The zero-order valence-corrected chi connectivity index (χ0v) is 10.1. The molecule has 1 aliphatic heterocycles. The highest BCUT2D eigenvalue weighted by atomic mass is 32.2. The number of nitrogens with zero attached hydrogens (tertiary/aromatic N) is 1. The van der Waals surface area contributed by atoms with Crippen molar-refractivity contribution < 1.29 is 8.42 Å². The Kier molecular flexibility index (Phi) is 2.81. The maximum atomic E-state index is 12.4. The van der Waals surface area contributed by atoms with Crippen LogP contribution in [0.2, 0.25) is 0 Å². The summed E-state index contributed by atoms with van der Waals surface area (Å²) in [5, 5.41) is 0. The smallest absolute Gasteiger partial charge is 0.221 e. The van der Waals surface area contributed by atoms with Crippen molar-refractivity contribution in [3.05, 3.63) is 0 Å². The Morgan fingerprint density at radius 2 is 1.73 bits per heavy atom. The first-order valence-corrected chi connectivity index (χ1v) is 7.20. The fourth-order valence-electron chi connectivity index (χ4n) is 2.66. The molecule has 2 rings (SSSR count). The molecule has 1 unspecified atom stereocenters. The van der Waals surface area contributed by atoms with Crippen LogP contribution >= 0.6 is 0 Å². The van der Waals surface area contributed by atoms with E-state index in [4.69, 9.17) is 5.73 Å². The Morgan fingerprint density at radius 1 is 1.20 bits per heavy atom. The second kappa shape index (κ2) is 3.71. The van der Waals surface area contributed by atoms with Crippen LogP contribution in [0.25, 0.3) is 0 Å². The Balaban J connectivity index is 2.27. The van der Waals surface area contributed by atoms with Crippen LogP contribution in [0.15, 0.2) is 0 Å². The highest BCUT2D eigenvalue weighted by Crippen LogP contribution is 2.43. The van der Waals surface area contributed by atoms with Crippen LogP contribution in [0.4, 0.5) is 0 Å². The maximum absolute atomic E-state index is 12.4. The van der Waals surface area contributed by atoms with Gasteiger partial charge in [0.25, 0.3) is 0 Å². The molecule has 1 saturated carbocycles. The van der Waals surface area contributed by atoms with Crippen LogP contribution in [-0.2, 0) is 10.0 Å². The Labute approximate surface area is 91.9 Å². The van der Waals surface area contributed by atoms with Gasteiger partial charge in [0.05, 0.1) is 0 Å². The molecule has 0 spiro atoms. The minimum Gasteiger partial charge on any atom is -0.326 e. The van der Waals surface area contributed by atoms with E-state index >= 15 is 0 Å². The summed E-state index contributed by atoms with van der Waals surface area (Å²) in [4.78, 5) is 0. The van der Waals surface area contributed by atoms with E-state index in [2.05, 4.69) is 0 Å². The summed E-state index contributed by atoms with van der Waals surface area (Å²) >= 11 is 0. The van der Waals surface area contributed by atoms with E-state index in [1.165, 1.54) is 0 Å². The average molecular weight is 232 g/mol. The van der Waals surface area contributed by atoms with Crippen molar-refractivity contribution in [2.75, 3.05) is 13.1 Å². The summed E-state index contributed by atoms with van der Waals surface area (Å²) in [6.07, 6.45) is 4.46. The molecule has 5 heteroatoms. The van der Waals surface area contributed by atoms with Crippen molar-refractivity contribution in [1.82, 2.24) is 4.31 Å². The van der Waals surface area contributed by atoms with Gasteiger partial charge in [-0.05, 0) is 32.6 Å². The lowest BCUT2D eigenvalue weighted by molar-refractivity contribution is 0.278. The van der Waals surface area contributed by atoms with E-state index < -0.39 is 14.8 Å². The van der Waals surface area contributed by atoms with E-state index in [0.29, 0.717) is 13.1 Å². The molecule has 0 radical (unpaired) electrons. The first-order valence-electron chi connectivity index (χ1n) is 5.76. The van der Waals surface area contributed by atoms with Crippen LogP contribution in [0.5, 0.6) is 0 Å².